The van der Waals surface area contributed by atoms with E-state index in [9.17, 15) is 19.8 Å². The molecule has 1 saturated heterocycles. The summed E-state index contributed by atoms with van der Waals surface area (Å²) >= 11 is 0. The Bertz CT molecular complexity index is 570. The standard InChI is InChI=1S/C20H39NO6Si/c1-14(27-28(8,9)19(5,6)7)15(22)20(16(23)24)10-12-21(13-11-20)17(25)26-18(2,3)4/h14-15,22H,10-13H2,1-9H3,(H,23,24). The molecule has 164 valence electrons. The van der Waals surface area contributed by atoms with Gasteiger partial charge in [-0.3, -0.25) is 4.79 Å². The molecule has 0 aromatic heterocycles. The summed E-state index contributed by atoms with van der Waals surface area (Å²) in [6.07, 6.45) is -1.89. The quantitative estimate of drug-likeness (QED) is 0.659. The van der Waals surface area contributed by atoms with Crippen LogP contribution in [0.2, 0.25) is 18.1 Å². The molecule has 7 nitrogen and oxygen atoms in total. The Kier molecular flexibility index (Phi) is 7.40. The average Bonchev–Trinajstić information content (AvgIpc) is 2.50. The summed E-state index contributed by atoms with van der Waals surface area (Å²) in [5.41, 5.74) is -1.94. The molecule has 2 atom stereocenters. The Labute approximate surface area is 170 Å². The van der Waals surface area contributed by atoms with E-state index in [1.54, 1.807) is 27.7 Å². The molecular weight excluding hydrogens is 378 g/mol. The van der Waals surface area contributed by atoms with Crippen LogP contribution in [0.4, 0.5) is 4.79 Å². The number of amides is 1. The predicted octanol–water partition coefficient (Wildman–Crippen LogP) is 3.86. The highest BCUT2D eigenvalue weighted by Crippen LogP contribution is 2.41. The maximum atomic E-state index is 12.3. The zero-order valence-corrected chi connectivity index (χ0v) is 20.0. The van der Waals surface area contributed by atoms with E-state index >= 15 is 0 Å². The van der Waals surface area contributed by atoms with E-state index in [4.69, 9.17) is 9.16 Å². The highest BCUT2D eigenvalue weighted by atomic mass is 28.4. The van der Waals surface area contributed by atoms with Crippen molar-refractivity contribution in [2.24, 2.45) is 5.41 Å². The van der Waals surface area contributed by atoms with Crippen molar-refractivity contribution in [3.05, 3.63) is 0 Å². The van der Waals surface area contributed by atoms with Crippen molar-refractivity contribution >= 4 is 20.4 Å². The third-order valence-electron chi connectivity index (χ3n) is 6.03. The van der Waals surface area contributed by atoms with Crippen molar-refractivity contribution in [1.29, 1.82) is 0 Å². The Morgan fingerprint density at radius 1 is 1.07 bits per heavy atom. The molecule has 1 amide bonds. The number of nitrogens with zero attached hydrogens (tertiary/aromatic N) is 1. The summed E-state index contributed by atoms with van der Waals surface area (Å²) in [4.78, 5) is 25.9. The van der Waals surface area contributed by atoms with Crippen molar-refractivity contribution in [3.8, 4) is 0 Å². The van der Waals surface area contributed by atoms with Crippen LogP contribution in [0.25, 0.3) is 0 Å². The minimum atomic E-state index is -2.16. The number of aliphatic hydroxyl groups is 1. The van der Waals surface area contributed by atoms with Gasteiger partial charge in [0, 0.05) is 13.1 Å². The van der Waals surface area contributed by atoms with Crippen LogP contribution in [0.3, 0.4) is 0 Å². The SMILES string of the molecule is CC(O[Si](C)(C)C(C)(C)C)C(O)C1(C(=O)O)CCN(C(=O)OC(C)(C)C)CC1. The first-order valence-electron chi connectivity index (χ1n) is 10.0. The van der Waals surface area contributed by atoms with Crippen LogP contribution in [0.15, 0.2) is 0 Å². The van der Waals surface area contributed by atoms with E-state index < -0.39 is 43.6 Å². The van der Waals surface area contributed by atoms with Gasteiger partial charge in [-0.25, -0.2) is 4.79 Å². The van der Waals surface area contributed by atoms with Gasteiger partial charge in [-0.15, -0.1) is 0 Å². The first-order chi connectivity index (χ1) is 12.4. The minimum absolute atomic E-state index is 0.0442. The van der Waals surface area contributed by atoms with Crippen molar-refractivity contribution in [1.82, 2.24) is 4.90 Å². The Balaban J connectivity index is 2.91. The second-order valence-corrected chi connectivity index (χ2v) is 15.2. The molecule has 2 unspecified atom stereocenters. The van der Waals surface area contributed by atoms with E-state index in [2.05, 4.69) is 33.9 Å². The van der Waals surface area contributed by atoms with E-state index in [-0.39, 0.29) is 31.0 Å². The summed E-state index contributed by atoms with van der Waals surface area (Å²) in [6, 6.07) is 0. The normalized spacial score (nSPS) is 20.4. The van der Waals surface area contributed by atoms with Crippen molar-refractivity contribution in [3.63, 3.8) is 0 Å². The minimum Gasteiger partial charge on any atom is -0.481 e. The fraction of sp³-hybridized carbons (Fsp3) is 0.900. The summed E-state index contributed by atoms with van der Waals surface area (Å²) in [5.74, 6) is -1.05. The largest absolute Gasteiger partial charge is 0.481 e. The Morgan fingerprint density at radius 2 is 1.54 bits per heavy atom. The van der Waals surface area contributed by atoms with Crippen LogP contribution in [0, 0.1) is 5.41 Å². The summed E-state index contributed by atoms with van der Waals surface area (Å²) < 4.78 is 11.6. The molecule has 0 saturated carbocycles. The number of carbonyl (C=O) groups excluding carboxylic acids is 1. The van der Waals surface area contributed by atoms with Gasteiger partial charge in [-0.05, 0) is 58.7 Å². The lowest BCUT2D eigenvalue weighted by molar-refractivity contribution is -0.167. The molecular formula is C20H39NO6Si. The van der Waals surface area contributed by atoms with E-state index in [1.165, 1.54) is 4.90 Å². The number of hydrogen-bond acceptors (Lipinski definition) is 5. The third kappa shape index (κ3) is 5.70. The second-order valence-electron chi connectivity index (χ2n) is 10.5. The maximum Gasteiger partial charge on any atom is 0.410 e. The van der Waals surface area contributed by atoms with Gasteiger partial charge in [-0.2, -0.15) is 0 Å². The fourth-order valence-electron chi connectivity index (χ4n) is 3.21. The van der Waals surface area contributed by atoms with E-state index in [0.29, 0.717) is 0 Å². The second kappa shape index (κ2) is 8.32. The molecule has 1 rings (SSSR count). The van der Waals surface area contributed by atoms with Gasteiger partial charge in [0.15, 0.2) is 8.32 Å². The molecule has 1 aliphatic heterocycles. The number of aliphatic hydroxyl groups excluding tert-OH is 1. The number of rotatable bonds is 5. The fourth-order valence-corrected chi connectivity index (χ4v) is 4.62. The molecule has 1 heterocycles. The molecule has 1 aliphatic rings. The van der Waals surface area contributed by atoms with Gasteiger partial charge >= 0.3 is 12.1 Å². The van der Waals surface area contributed by atoms with Gasteiger partial charge < -0.3 is 24.3 Å². The summed E-state index contributed by atoms with van der Waals surface area (Å²) in [6.45, 7) is 18.0. The van der Waals surface area contributed by atoms with E-state index in [1.807, 2.05) is 0 Å². The highest BCUT2D eigenvalue weighted by Gasteiger charge is 2.52. The molecule has 0 aliphatic carbocycles. The van der Waals surface area contributed by atoms with Gasteiger partial charge in [0.1, 0.15) is 5.60 Å². The lowest BCUT2D eigenvalue weighted by Crippen LogP contribution is -2.57. The monoisotopic (exact) mass is 417 g/mol. The van der Waals surface area contributed by atoms with Crippen LogP contribution in [0.5, 0.6) is 0 Å². The average molecular weight is 418 g/mol. The van der Waals surface area contributed by atoms with E-state index in [0.717, 1.165) is 0 Å². The third-order valence-corrected chi connectivity index (χ3v) is 10.6. The first-order valence-corrected chi connectivity index (χ1v) is 12.9. The molecule has 28 heavy (non-hydrogen) atoms. The maximum absolute atomic E-state index is 12.3. The highest BCUT2D eigenvalue weighted by molar-refractivity contribution is 6.74. The Morgan fingerprint density at radius 3 is 1.89 bits per heavy atom. The zero-order valence-electron chi connectivity index (χ0n) is 19.0. The smallest absolute Gasteiger partial charge is 0.410 e. The van der Waals surface area contributed by atoms with Crippen LogP contribution in [-0.4, -0.2) is 66.4 Å². The lowest BCUT2D eigenvalue weighted by atomic mass is 9.72. The molecule has 0 radical (unpaired) electrons. The molecule has 1 fully saturated rings. The molecule has 0 spiro atoms. The number of carbonyl (C=O) groups is 2. The van der Waals surface area contributed by atoms with Crippen molar-refractivity contribution < 1.29 is 29.0 Å². The number of hydrogen-bond donors (Lipinski definition) is 2. The van der Waals surface area contributed by atoms with Crippen LogP contribution >= 0.6 is 0 Å². The molecule has 0 aromatic carbocycles. The van der Waals surface area contributed by atoms with Gasteiger partial charge in [-0.1, -0.05) is 20.8 Å². The van der Waals surface area contributed by atoms with Gasteiger partial charge in [0.25, 0.3) is 0 Å². The number of ether oxygens (including phenoxy) is 1. The number of carboxylic acid groups (broad SMARTS) is 1. The predicted molar refractivity (Wildman–Crippen MR) is 111 cm³/mol. The van der Waals surface area contributed by atoms with Crippen LogP contribution in [-0.2, 0) is 14.0 Å². The Hall–Kier alpha value is -1.12. The number of aliphatic carboxylic acids is 1. The molecule has 0 bridgehead atoms. The van der Waals surface area contributed by atoms with Gasteiger partial charge in [0.2, 0.25) is 0 Å². The number of carboxylic acids is 1. The van der Waals surface area contributed by atoms with Crippen molar-refractivity contribution in [2.45, 2.75) is 97.2 Å². The van der Waals surface area contributed by atoms with Crippen LogP contribution < -0.4 is 0 Å². The molecule has 0 aromatic rings. The lowest BCUT2D eigenvalue weighted by Gasteiger charge is -2.46. The topological polar surface area (TPSA) is 96.3 Å². The summed E-state index contributed by atoms with van der Waals surface area (Å²) in [7, 11) is -2.16. The summed E-state index contributed by atoms with van der Waals surface area (Å²) in [5, 5.41) is 20.9. The zero-order chi connectivity index (χ0) is 22.1. The van der Waals surface area contributed by atoms with Crippen molar-refractivity contribution in [2.75, 3.05) is 13.1 Å². The number of likely N-dealkylation sites (tertiary alicyclic amines) is 1. The van der Waals surface area contributed by atoms with Gasteiger partial charge in [0.05, 0.1) is 17.6 Å². The number of piperidine rings is 1. The molecule has 2 N–H and O–H groups in total. The first kappa shape index (κ1) is 24.9. The molecule has 8 heteroatoms. The van der Waals surface area contributed by atoms with Crippen LogP contribution in [0.1, 0.15) is 61.3 Å².